The molecule has 3 fully saturated rings. The van der Waals surface area contributed by atoms with Crippen molar-refractivity contribution in [2.24, 2.45) is 5.92 Å². The third-order valence-electron chi connectivity index (χ3n) is 8.45. The van der Waals surface area contributed by atoms with E-state index in [1.807, 2.05) is 32.9 Å². The number of piperazine rings is 1. The molecule has 2 atom stereocenters. The van der Waals surface area contributed by atoms with Crippen LogP contribution in [0.25, 0.3) is 0 Å². The summed E-state index contributed by atoms with van der Waals surface area (Å²) in [6.07, 6.45) is 4.59. The molecule has 244 valence electrons. The van der Waals surface area contributed by atoms with E-state index in [1.165, 1.54) is 4.31 Å². The highest BCUT2D eigenvalue weighted by atomic mass is 35.5. The Morgan fingerprint density at radius 3 is 2.39 bits per heavy atom. The number of carbonyl (C=O) groups excluding carboxylic acids is 2. The molecule has 3 heterocycles. The molecule has 0 N–H and O–H groups in total. The molecule has 3 saturated heterocycles. The number of hydrogen-bond donors (Lipinski definition) is 0. The van der Waals surface area contributed by atoms with E-state index in [1.54, 1.807) is 15.9 Å². The summed E-state index contributed by atoms with van der Waals surface area (Å²) in [4.78, 5) is 31.0. The zero-order valence-corrected chi connectivity index (χ0v) is 28.5. The van der Waals surface area contributed by atoms with Gasteiger partial charge in [-0.1, -0.05) is 41.6 Å². The van der Waals surface area contributed by atoms with Crippen LogP contribution in [0.2, 0.25) is 10.0 Å². The van der Waals surface area contributed by atoms with Crippen LogP contribution in [0.5, 0.6) is 0 Å². The first-order valence-corrected chi connectivity index (χ1v) is 18.1. The monoisotopic (exact) mass is 668 g/mol. The molecule has 4 rings (SSSR count). The Morgan fingerprint density at radius 2 is 1.68 bits per heavy atom. The first-order chi connectivity index (χ1) is 20.8. The second-order valence-corrected chi connectivity index (χ2v) is 16.0. The Balaban J connectivity index is 1.14. The van der Waals surface area contributed by atoms with Crippen LogP contribution in [0, 0.1) is 17.8 Å². The topological polar surface area (TPSA) is 90.5 Å². The maximum Gasteiger partial charge on any atom is 0.410 e. The number of rotatable bonds is 8. The fraction of sp³-hybridized carbons (Fsp3) is 0.688. The molecule has 3 aliphatic heterocycles. The third-order valence-corrected chi connectivity index (χ3v) is 11.1. The van der Waals surface area contributed by atoms with Crippen LogP contribution >= 0.6 is 23.2 Å². The zero-order chi connectivity index (χ0) is 31.9. The minimum absolute atomic E-state index is 0.127. The minimum atomic E-state index is -3.36. The average Bonchev–Trinajstić information content (AvgIpc) is 3.47. The van der Waals surface area contributed by atoms with Crippen LogP contribution in [0.1, 0.15) is 70.8 Å². The molecule has 0 bridgehead atoms. The van der Waals surface area contributed by atoms with Gasteiger partial charge in [-0.2, -0.15) is 0 Å². The normalized spacial score (nSPS) is 22.0. The Morgan fingerprint density at radius 1 is 0.932 bits per heavy atom. The number of amides is 2. The van der Waals surface area contributed by atoms with Crippen molar-refractivity contribution in [2.45, 2.75) is 70.8 Å². The second-order valence-electron chi connectivity index (χ2n) is 13.1. The molecule has 44 heavy (non-hydrogen) atoms. The van der Waals surface area contributed by atoms with Crippen molar-refractivity contribution in [3.8, 4) is 11.8 Å². The smallest absolute Gasteiger partial charge is 0.410 e. The number of ether oxygens (including phenoxy) is 1. The fourth-order valence-corrected chi connectivity index (χ4v) is 7.87. The van der Waals surface area contributed by atoms with Crippen LogP contribution < -0.4 is 0 Å². The molecule has 0 saturated carbocycles. The number of halogens is 2. The van der Waals surface area contributed by atoms with E-state index in [4.69, 9.17) is 27.9 Å². The van der Waals surface area contributed by atoms with Crippen LogP contribution in [-0.4, -0.2) is 110 Å². The molecule has 0 aromatic heterocycles. The number of hydrogen-bond acceptors (Lipinski definition) is 6. The van der Waals surface area contributed by atoms with Gasteiger partial charge in [-0.05, 0) is 83.0 Å². The molecule has 2 amide bonds. The molecule has 0 unspecified atom stereocenters. The molecule has 1 aromatic rings. The lowest BCUT2D eigenvalue weighted by molar-refractivity contribution is -0.126. The Kier molecular flexibility index (Phi) is 12.3. The Bertz CT molecular complexity index is 1330. The van der Waals surface area contributed by atoms with Gasteiger partial charge in [0.15, 0.2) is 0 Å². The van der Waals surface area contributed by atoms with Crippen LogP contribution in [-0.2, 0) is 19.6 Å². The summed E-state index contributed by atoms with van der Waals surface area (Å²) in [5, 5.41) is 1.03. The zero-order valence-electron chi connectivity index (χ0n) is 26.2. The predicted octanol–water partition coefficient (Wildman–Crippen LogP) is 5.08. The van der Waals surface area contributed by atoms with Gasteiger partial charge in [0.25, 0.3) is 5.91 Å². The van der Waals surface area contributed by atoms with E-state index in [-0.39, 0.29) is 29.6 Å². The van der Waals surface area contributed by atoms with E-state index < -0.39 is 15.6 Å². The van der Waals surface area contributed by atoms with E-state index in [2.05, 4.69) is 16.7 Å². The standard InChI is InChI=1S/C32H46Cl2N4O5S/c1-32(2,3)43-31(40)36-19-17-35(18-20-36)14-5-4-6-21-44(41,42)38-16-13-25(23-38)9-12-30(39)37-15-7-8-27(24-37)26-10-11-28(33)29(34)22-26/h10-11,22,25,27H,4-8,13-21,23-24H2,1-3H3/t25-,27+/m0/s1. The maximum absolute atomic E-state index is 13.0. The molecule has 12 heteroatoms. The van der Waals surface area contributed by atoms with Crippen molar-refractivity contribution in [2.75, 3.05) is 64.7 Å². The van der Waals surface area contributed by atoms with Crippen LogP contribution in [0.4, 0.5) is 4.79 Å². The molecule has 3 aliphatic rings. The summed E-state index contributed by atoms with van der Waals surface area (Å²) in [7, 11) is -3.36. The number of benzene rings is 1. The minimum Gasteiger partial charge on any atom is -0.444 e. The molecule has 0 radical (unpaired) electrons. The molecule has 9 nitrogen and oxygen atoms in total. The van der Waals surface area contributed by atoms with Gasteiger partial charge in [-0.15, -0.1) is 0 Å². The number of piperidine rings is 1. The van der Waals surface area contributed by atoms with Gasteiger partial charge in [0.1, 0.15) is 5.60 Å². The largest absolute Gasteiger partial charge is 0.444 e. The Labute approximate surface area is 273 Å². The van der Waals surface area contributed by atoms with Gasteiger partial charge in [0.2, 0.25) is 10.0 Å². The van der Waals surface area contributed by atoms with E-state index in [0.29, 0.717) is 62.2 Å². The van der Waals surface area contributed by atoms with Crippen molar-refractivity contribution >= 4 is 45.2 Å². The summed E-state index contributed by atoms with van der Waals surface area (Å²) in [5.74, 6) is 5.84. The lowest BCUT2D eigenvalue weighted by atomic mass is 9.90. The highest BCUT2D eigenvalue weighted by Gasteiger charge is 2.31. The first kappa shape index (κ1) is 34.8. The molecule has 1 aromatic carbocycles. The molecule has 0 aliphatic carbocycles. The quantitative estimate of drug-likeness (QED) is 0.284. The van der Waals surface area contributed by atoms with Crippen LogP contribution in [0.3, 0.4) is 0 Å². The Hall–Kier alpha value is -2.03. The maximum atomic E-state index is 13.0. The van der Waals surface area contributed by atoms with Crippen molar-refractivity contribution in [1.29, 1.82) is 0 Å². The summed E-state index contributed by atoms with van der Waals surface area (Å²) >= 11 is 12.3. The first-order valence-electron chi connectivity index (χ1n) is 15.7. The second kappa shape index (κ2) is 15.5. The number of carbonyl (C=O) groups is 2. The van der Waals surface area contributed by atoms with Gasteiger partial charge in [0, 0.05) is 64.2 Å². The summed E-state index contributed by atoms with van der Waals surface area (Å²) in [5.41, 5.74) is 0.573. The van der Waals surface area contributed by atoms with Crippen molar-refractivity contribution in [3.05, 3.63) is 33.8 Å². The van der Waals surface area contributed by atoms with Crippen LogP contribution in [0.15, 0.2) is 18.2 Å². The SMILES string of the molecule is CC(C)(C)OC(=O)N1CCN(CCCCCS(=O)(=O)N2CC[C@H](C#CC(=O)N3CCC[C@@H](c4ccc(Cl)c(Cl)c4)C3)C2)CC1. The highest BCUT2D eigenvalue weighted by molar-refractivity contribution is 7.89. The lowest BCUT2D eigenvalue weighted by Gasteiger charge is -2.35. The van der Waals surface area contributed by atoms with Crippen molar-refractivity contribution in [1.82, 2.24) is 19.0 Å². The number of sulfonamides is 1. The third kappa shape index (κ3) is 10.2. The molecule has 0 spiro atoms. The van der Waals surface area contributed by atoms with E-state index >= 15 is 0 Å². The predicted molar refractivity (Wildman–Crippen MR) is 174 cm³/mol. The van der Waals surface area contributed by atoms with E-state index in [9.17, 15) is 18.0 Å². The van der Waals surface area contributed by atoms with Crippen molar-refractivity contribution in [3.63, 3.8) is 0 Å². The number of nitrogens with zero attached hydrogens (tertiary/aromatic N) is 4. The van der Waals surface area contributed by atoms with Crippen molar-refractivity contribution < 1.29 is 22.7 Å². The summed E-state index contributed by atoms with van der Waals surface area (Å²) < 4.78 is 32.9. The van der Waals surface area contributed by atoms with Gasteiger partial charge < -0.3 is 14.5 Å². The summed E-state index contributed by atoms with van der Waals surface area (Å²) in [6.45, 7) is 11.4. The van der Waals surface area contributed by atoms with Gasteiger partial charge in [0.05, 0.1) is 15.8 Å². The van der Waals surface area contributed by atoms with Gasteiger partial charge in [-0.25, -0.2) is 17.5 Å². The van der Waals surface area contributed by atoms with E-state index in [0.717, 1.165) is 50.9 Å². The van der Waals surface area contributed by atoms with Gasteiger partial charge >= 0.3 is 6.09 Å². The average molecular weight is 670 g/mol. The lowest BCUT2D eigenvalue weighted by Crippen LogP contribution is -2.50. The molecular formula is C32H46Cl2N4O5S. The number of unbranched alkanes of at least 4 members (excludes halogenated alkanes) is 2. The highest BCUT2D eigenvalue weighted by Crippen LogP contribution is 2.31. The fourth-order valence-electron chi connectivity index (χ4n) is 5.95. The number of likely N-dealkylation sites (tertiary alicyclic amines) is 1. The van der Waals surface area contributed by atoms with Gasteiger partial charge in [-0.3, -0.25) is 9.69 Å². The molecular weight excluding hydrogens is 623 g/mol. The summed E-state index contributed by atoms with van der Waals surface area (Å²) in [6, 6.07) is 5.63.